The van der Waals surface area contributed by atoms with Crippen molar-refractivity contribution in [2.24, 2.45) is 0 Å². The van der Waals surface area contributed by atoms with Gasteiger partial charge in [0.1, 0.15) is 0 Å². The first-order valence-corrected chi connectivity index (χ1v) is 5.10. The predicted octanol–water partition coefficient (Wildman–Crippen LogP) is 2.04. The molecule has 0 aromatic rings. The Morgan fingerprint density at radius 1 is 1.33 bits per heavy atom. The SMILES string of the molecule is OCC1(SC2CC(F)(F)C2)CC1. The van der Waals surface area contributed by atoms with E-state index in [9.17, 15) is 8.78 Å². The van der Waals surface area contributed by atoms with Crippen molar-refractivity contribution < 1.29 is 13.9 Å². The number of thioether (sulfide) groups is 1. The molecule has 2 saturated carbocycles. The molecule has 2 fully saturated rings. The van der Waals surface area contributed by atoms with Crippen LogP contribution in [0.2, 0.25) is 0 Å². The van der Waals surface area contributed by atoms with E-state index in [4.69, 9.17) is 5.11 Å². The molecular weight excluding hydrogens is 182 g/mol. The van der Waals surface area contributed by atoms with Crippen LogP contribution < -0.4 is 0 Å². The average molecular weight is 194 g/mol. The van der Waals surface area contributed by atoms with E-state index in [1.54, 1.807) is 11.8 Å². The van der Waals surface area contributed by atoms with Crippen LogP contribution in [0.4, 0.5) is 8.78 Å². The van der Waals surface area contributed by atoms with Crippen LogP contribution in [0.3, 0.4) is 0 Å². The maximum Gasteiger partial charge on any atom is 0.250 e. The second-order valence-corrected chi connectivity index (χ2v) is 5.61. The molecule has 2 rings (SSSR count). The normalized spacial score (nSPS) is 31.2. The molecule has 0 unspecified atom stereocenters. The number of aliphatic hydroxyl groups is 1. The molecular formula is C8H12F2OS. The van der Waals surface area contributed by atoms with Gasteiger partial charge in [-0.05, 0) is 12.8 Å². The second-order valence-electron chi connectivity index (χ2n) is 3.85. The van der Waals surface area contributed by atoms with E-state index in [0.717, 1.165) is 12.8 Å². The van der Waals surface area contributed by atoms with Crippen molar-refractivity contribution in [1.29, 1.82) is 0 Å². The van der Waals surface area contributed by atoms with Gasteiger partial charge in [0.15, 0.2) is 0 Å². The van der Waals surface area contributed by atoms with Crippen molar-refractivity contribution in [1.82, 2.24) is 0 Å². The van der Waals surface area contributed by atoms with E-state index in [1.165, 1.54) is 0 Å². The summed E-state index contributed by atoms with van der Waals surface area (Å²) in [4.78, 5) is 0. The molecule has 2 aliphatic rings. The summed E-state index contributed by atoms with van der Waals surface area (Å²) in [5, 5.41) is 9.04. The van der Waals surface area contributed by atoms with Gasteiger partial charge in [0.05, 0.1) is 6.61 Å². The zero-order chi connectivity index (χ0) is 8.82. The summed E-state index contributed by atoms with van der Waals surface area (Å²) in [6.45, 7) is 0.153. The molecule has 0 spiro atoms. The summed E-state index contributed by atoms with van der Waals surface area (Å²) >= 11 is 1.57. The van der Waals surface area contributed by atoms with Gasteiger partial charge in [0.2, 0.25) is 5.92 Å². The third-order valence-electron chi connectivity index (χ3n) is 2.57. The van der Waals surface area contributed by atoms with Crippen LogP contribution in [0, 0.1) is 0 Å². The van der Waals surface area contributed by atoms with E-state index < -0.39 is 5.92 Å². The van der Waals surface area contributed by atoms with Gasteiger partial charge in [-0.1, -0.05) is 0 Å². The Labute approximate surface area is 74.5 Å². The van der Waals surface area contributed by atoms with E-state index in [1.807, 2.05) is 0 Å². The van der Waals surface area contributed by atoms with Crippen LogP contribution in [-0.4, -0.2) is 27.6 Å². The molecule has 12 heavy (non-hydrogen) atoms. The van der Waals surface area contributed by atoms with Gasteiger partial charge in [0, 0.05) is 22.8 Å². The highest BCUT2D eigenvalue weighted by Crippen LogP contribution is 2.56. The van der Waals surface area contributed by atoms with Crippen molar-refractivity contribution in [2.45, 2.75) is 41.6 Å². The minimum Gasteiger partial charge on any atom is -0.395 e. The summed E-state index contributed by atoms with van der Waals surface area (Å²) in [5.74, 6) is -2.41. The zero-order valence-corrected chi connectivity index (χ0v) is 7.54. The third kappa shape index (κ3) is 1.59. The van der Waals surface area contributed by atoms with Gasteiger partial charge in [-0.3, -0.25) is 0 Å². The van der Waals surface area contributed by atoms with Gasteiger partial charge in [-0.2, -0.15) is 0 Å². The summed E-state index contributed by atoms with van der Waals surface area (Å²) in [6.07, 6.45) is 2.02. The number of hydrogen-bond donors (Lipinski definition) is 1. The Bertz CT molecular complexity index is 183. The summed E-state index contributed by atoms with van der Waals surface area (Å²) in [5.41, 5.74) is 0. The summed E-state index contributed by atoms with van der Waals surface area (Å²) < 4.78 is 24.8. The Hall–Kier alpha value is 0.170. The fourth-order valence-electron chi connectivity index (χ4n) is 1.50. The highest BCUT2D eigenvalue weighted by atomic mass is 32.2. The number of aliphatic hydroxyl groups excluding tert-OH is 1. The lowest BCUT2D eigenvalue weighted by Gasteiger charge is -2.36. The number of hydrogen-bond acceptors (Lipinski definition) is 2. The molecule has 0 aliphatic heterocycles. The Kier molecular flexibility index (Phi) is 1.88. The van der Waals surface area contributed by atoms with Crippen LogP contribution in [-0.2, 0) is 0 Å². The molecule has 0 atom stereocenters. The Balaban J connectivity index is 1.76. The minimum atomic E-state index is -2.41. The Morgan fingerprint density at radius 2 is 1.92 bits per heavy atom. The molecule has 0 saturated heterocycles. The quantitative estimate of drug-likeness (QED) is 0.742. The van der Waals surface area contributed by atoms with Gasteiger partial charge in [-0.15, -0.1) is 11.8 Å². The molecule has 0 aromatic heterocycles. The van der Waals surface area contributed by atoms with E-state index >= 15 is 0 Å². The smallest absolute Gasteiger partial charge is 0.250 e. The highest BCUT2D eigenvalue weighted by Gasteiger charge is 2.52. The highest BCUT2D eigenvalue weighted by molar-refractivity contribution is 8.01. The lowest BCUT2D eigenvalue weighted by molar-refractivity contribution is -0.0668. The van der Waals surface area contributed by atoms with Crippen molar-refractivity contribution in [3.05, 3.63) is 0 Å². The summed E-state index contributed by atoms with van der Waals surface area (Å²) in [7, 11) is 0. The monoisotopic (exact) mass is 194 g/mol. The number of halogens is 2. The number of alkyl halides is 2. The van der Waals surface area contributed by atoms with Gasteiger partial charge in [-0.25, -0.2) is 8.78 Å². The lowest BCUT2D eigenvalue weighted by atomic mass is 9.94. The first kappa shape index (κ1) is 8.75. The van der Waals surface area contributed by atoms with Crippen LogP contribution >= 0.6 is 11.8 Å². The average Bonchev–Trinajstić information content (AvgIpc) is 2.66. The molecule has 0 heterocycles. The van der Waals surface area contributed by atoms with Crippen LogP contribution in [0.25, 0.3) is 0 Å². The largest absolute Gasteiger partial charge is 0.395 e. The molecule has 70 valence electrons. The fourth-order valence-corrected chi connectivity index (χ4v) is 3.27. The van der Waals surface area contributed by atoms with E-state index in [0.29, 0.717) is 0 Å². The molecule has 1 N–H and O–H groups in total. The summed E-state index contributed by atoms with van der Waals surface area (Å²) in [6, 6.07) is 0. The molecule has 0 aromatic carbocycles. The van der Waals surface area contributed by atoms with Crippen LogP contribution in [0.1, 0.15) is 25.7 Å². The van der Waals surface area contributed by atoms with E-state index in [-0.39, 0.29) is 29.4 Å². The Morgan fingerprint density at radius 3 is 2.25 bits per heavy atom. The maximum absolute atomic E-state index is 12.4. The topological polar surface area (TPSA) is 20.2 Å². The fraction of sp³-hybridized carbons (Fsp3) is 1.00. The van der Waals surface area contributed by atoms with Gasteiger partial charge < -0.3 is 5.11 Å². The molecule has 0 bridgehead atoms. The van der Waals surface area contributed by atoms with Crippen molar-refractivity contribution in [3.63, 3.8) is 0 Å². The van der Waals surface area contributed by atoms with Crippen LogP contribution in [0.5, 0.6) is 0 Å². The molecule has 2 aliphatic carbocycles. The molecule has 0 radical (unpaired) electrons. The van der Waals surface area contributed by atoms with E-state index in [2.05, 4.69) is 0 Å². The molecule has 0 amide bonds. The number of rotatable bonds is 3. The standard InChI is InChI=1S/C8H12F2OS/c9-8(10)3-6(4-8)12-7(5-11)1-2-7/h6,11H,1-5H2. The first-order chi connectivity index (χ1) is 5.55. The van der Waals surface area contributed by atoms with Crippen molar-refractivity contribution in [2.75, 3.05) is 6.61 Å². The molecule has 1 nitrogen and oxygen atoms in total. The zero-order valence-electron chi connectivity index (χ0n) is 6.72. The van der Waals surface area contributed by atoms with Gasteiger partial charge >= 0.3 is 0 Å². The lowest BCUT2D eigenvalue weighted by Crippen LogP contribution is -2.39. The maximum atomic E-state index is 12.4. The van der Waals surface area contributed by atoms with Crippen molar-refractivity contribution >= 4 is 11.8 Å². The molecule has 4 heteroatoms. The third-order valence-corrected chi connectivity index (χ3v) is 4.27. The first-order valence-electron chi connectivity index (χ1n) is 4.22. The second kappa shape index (κ2) is 2.58. The predicted molar refractivity (Wildman–Crippen MR) is 44.6 cm³/mol. The van der Waals surface area contributed by atoms with Crippen LogP contribution in [0.15, 0.2) is 0 Å². The van der Waals surface area contributed by atoms with Gasteiger partial charge in [0.25, 0.3) is 0 Å². The van der Waals surface area contributed by atoms with Crippen molar-refractivity contribution in [3.8, 4) is 0 Å². The minimum absolute atomic E-state index is 0.0133.